The molecule has 126 valence electrons. The molecule has 23 heavy (non-hydrogen) atoms. The lowest BCUT2D eigenvalue weighted by molar-refractivity contribution is -0.127. The molecule has 2 N–H and O–H groups in total. The normalized spacial score (nSPS) is 25.4. The summed E-state index contributed by atoms with van der Waals surface area (Å²) >= 11 is 0. The van der Waals surface area contributed by atoms with Crippen molar-refractivity contribution in [3.05, 3.63) is 35.4 Å². The fourth-order valence-corrected chi connectivity index (χ4v) is 3.70. The number of nitrogens with zero attached hydrogens (tertiary/aromatic N) is 1. The third-order valence-corrected chi connectivity index (χ3v) is 5.16. The van der Waals surface area contributed by atoms with Gasteiger partial charge >= 0.3 is 0 Å². The summed E-state index contributed by atoms with van der Waals surface area (Å²) in [5.41, 5.74) is 2.46. The quantitative estimate of drug-likeness (QED) is 0.877. The predicted molar refractivity (Wildman–Crippen MR) is 90.8 cm³/mol. The minimum atomic E-state index is -0.457. The van der Waals surface area contributed by atoms with E-state index in [9.17, 15) is 9.90 Å². The first kappa shape index (κ1) is 16.5. The zero-order chi connectivity index (χ0) is 16.1. The van der Waals surface area contributed by atoms with Gasteiger partial charge in [-0.3, -0.25) is 9.69 Å². The zero-order valence-electron chi connectivity index (χ0n) is 13.8. The maximum atomic E-state index is 12.1. The number of benzene rings is 1. The second kappa shape index (κ2) is 7.93. The summed E-state index contributed by atoms with van der Waals surface area (Å²) in [5, 5.41) is 12.7. The van der Waals surface area contributed by atoms with E-state index in [0.29, 0.717) is 6.54 Å². The maximum absolute atomic E-state index is 12.1. The van der Waals surface area contributed by atoms with E-state index in [-0.39, 0.29) is 11.8 Å². The number of hydrogen-bond donors (Lipinski definition) is 2. The molecule has 1 aromatic rings. The molecule has 0 aromatic heterocycles. The third-order valence-electron chi connectivity index (χ3n) is 5.16. The van der Waals surface area contributed by atoms with Gasteiger partial charge in [-0.2, -0.15) is 0 Å². The van der Waals surface area contributed by atoms with Crippen LogP contribution in [0.2, 0.25) is 0 Å². The average molecular weight is 316 g/mol. The molecule has 1 aliphatic heterocycles. The van der Waals surface area contributed by atoms with E-state index in [0.717, 1.165) is 31.4 Å². The molecule has 0 bridgehead atoms. The standard InChI is InChI=1S/C19H28N2O2/c22-18-6-4-5-17(18)19(23)20-13-15-7-9-16(10-8-15)14-21-11-2-1-3-12-21/h7-10,17-18,22H,1-6,11-14H2,(H,20,23). The number of nitrogens with one attached hydrogen (secondary N) is 1. The van der Waals surface area contributed by atoms with Crippen molar-refractivity contribution in [2.24, 2.45) is 5.92 Å². The number of piperidine rings is 1. The maximum Gasteiger partial charge on any atom is 0.225 e. The first-order chi connectivity index (χ1) is 11.2. The van der Waals surface area contributed by atoms with Gasteiger partial charge in [0.05, 0.1) is 12.0 Å². The van der Waals surface area contributed by atoms with E-state index in [1.165, 1.54) is 37.9 Å². The molecular formula is C19H28N2O2. The molecule has 0 radical (unpaired) electrons. The summed E-state index contributed by atoms with van der Waals surface area (Å²) in [6.45, 7) is 4.00. The number of aliphatic hydroxyl groups excluding tert-OH is 1. The smallest absolute Gasteiger partial charge is 0.225 e. The van der Waals surface area contributed by atoms with Crippen LogP contribution in [0, 0.1) is 5.92 Å². The fraction of sp³-hybridized carbons (Fsp3) is 0.632. The van der Waals surface area contributed by atoms with E-state index in [1.807, 2.05) is 0 Å². The van der Waals surface area contributed by atoms with E-state index in [2.05, 4.69) is 34.5 Å². The molecule has 2 unspecified atom stereocenters. The fourth-order valence-electron chi connectivity index (χ4n) is 3.70. The summed E-state index contributed by atoms with van der Waals surface area (Å²) in [6.07, 6.45) is 6.05. The van der Waals surface area contributed by atoms with Crippen LogP contribution in [-0.2, 0) is 17.9 Å². The lowest BCUT2D eigenvalue weighted by Crippen LogP contribution is -2.34. The van der Waals surface area contributed by atoms with Crippen molar-refractivity contribution in [3.8, 4) is 0 Å². The summed E-state index contributed by atoms with van der Waals surface area (Å²) in [5.74, 6) is -0.222. The Morgan fingerprint density at radius 3 is 2.39 bits per heavy atom. The Labute approximate surface area is 138 Å². The van der Waals surface area contributed by atoms with E-state index in [4.69, 9.17) is 0 Å². The number of carbonyl (C=O) groups excluding carboxylic acids is 1. The minimum Gasteiger partial charge on any atom is -0.392 e. The highest BCUT2D eigenvalue weighted by atomic mass is 16.3. The van der Waals surface area contributed by atoms with Crippen LogP contribution in [0.1, 0.15) is 49.7 Å². The molecule has 3 rings (SSSR count). The Bertz CT molecular complexity index is 509. The lowest BCUT2D eigenvalue weighted by atomic mass is 10.0. The SMILES string of the molecule is O=C(NCc1ccc(CN2CCCCC2)cc1)C1CCCC1O. The average Bonchev–Trinajstić information content (AvgIpc) is 3.01. The summed E-state index contributed by atoms with van der Waals surface area (Å²) < 4.78 is 0. The van der Waals surface area contributed by atoms with E-state index in [1.54, 1.807) is 0 Å². The number of rotatable bonds is 5. The molecule has 2 aliphatic rings. The van der Waals surface area contributed by atoms with Crippen molar-refractivity contribution in [1.82, 2.24) is 10.2 Å². The molecule has 4 nitrogen and oxygen atoms in total. The third kappa shape index (κ3) is 4.55. The van der Waals surface area contributed by atoms with Crippen LogP contribution in [0.25, 0.3) is 0 Å². The highest BCUT2D eigenvalue weighted by molar-refractivity contribution is 5.79. The molecule has 1 aromatic carbocycles. The number of amides is 1. The summed E-state index contributed by atoms with van der Waals surface area (Å²) in [6, 6.07) is 8.54. The molecular weight excluding hydrogens is 288 g/mol. The Morgan fingerprint density at radius 1 is 1.04 bits per heavy atom. The van der Waals surface area contributed by atoms with Gasteiger partial charge in [0.2, 0.25) is 5.91 Å². The second-order valence-electron chi connectivity index (χ2n) is 6.98. The molecule has 1 saturated carbocycles. The molecule has 2 atom stereocenters. The van der Waals surface area contributed by atoms with Gasteiger partial charge < -0.3 is 10.4 Å². The molecule has 1 saturated heterocycles. The van der Waals surface area contributed by atoms with Crippen molar-refractivity contribution in [2.45, 2.75) is 57.7 Å². The minimum absolute atomic E-state index is 0.00704. The number of hydrogen-bond acceptors (Lipinski definition) is 3. The van der Waals surface area contributed by atoms with Gasteiger partial charge in [-0.1, -0.05) is 30.7 Å². The highest BCUT2D eigenvalue weighted by Crippen LogP contribution is 2.25. The van der Waals surface area contributed by atoms with Crippen molar-refractivity contribution < 1.29 is 9.90 Å². The first-order valence-corrected chi connectivity index (χ1v) is 8.98. The summed E-state index contributed by atoms with van der Waals surface area (Å²) in [7, 11) is 0. The van der Waals surface area contributed by atoms with Crippen molar-refractivity contribution >= 4 is 5.91 Å². The number of aliphatic hydroxyl groups is 1. The predicted octanol–water partition coefficient (Wildman–Crippen LogP) is 2.45. The van der Waals surface area contributed by atoms with Crippen LogP contribution in [0.4, 0.5) is 0 Å². The van der Waals surface area contributed by atoms with Crippen LogP contribution < -0.4 is 5.32 Å². The van der Waals surface area contributed by atoms with Crippen molar-refractivity contribution in [3.63, 3.8) is 0 Å². The Morgan fingerprint density at radius 2 is 1.74 bits per heavy atom. The first-order valence-electron chi connectivity index (χ1n) is 8.98. The Hall–Kier alpha value is -1.39. The number of carbonyl (C=O) groups is 1. The van der Waals surface area contributed by atoms with Crippen LogP contribution in [0.15, 0.2) is 24.3 Å². The van der Waals surface area contributed by atoms with Crippen molar-refractivity contribution in [1.29, 1.82) is 0 Å². The Balaban J connectivity index is 1.46. The van der Waals surface area contributed by atoms with Crippen LogP contribution in [0.5, 0.6) is 0 Å². The van der Waals surface area contributed by atoms with E-state index >= 15 is 0 Å². The molecule has 2 fully saturated rings. The van der Waals surface area contributed by atoms with Crippen molar-refractivity contribution in [2.75, 3.05) is 13.1 Å². The highest BCUT2D eigenvalue weighted by Gasteiger charge is 2.31. The second-order valence-corrected chi connectivity index (χ2v) is 6.98. The Kier molecular flexibility index (Phi) is 5.68. The van der Waals surface area contributed by atoms with Gasteiger partial charge in [-0.25, -0.2) is 0 Å². The van der Waals surface area contributed by atoms with Gasteiger partial charge in [0.1, 0.15) is 0 Å². The van der Waals surface area contributed by atoms with Gasteiger partial charge in [0, 0.05) is 13.1 Å². The van der Waals surface area contributed by atoms with Gasteiger partial charge in [0.25, 0.3) is 0 Å². The molecule has 1 amide bonds. The van der Waals surface area contributed by atoms with Gasteiger partial charge in [-0.05, 0) is 56.3 Å². The van der Waals surface area contributed by atoms with Gasteiger partial charge in [-0.15, -0.1) is 0 Å². The van der Waals surface area contributed by atoms with Crippen LogP contribution in [-0.4, -0.2) is 35.1 Å². The lowest BCUT2D eigenvalue weighted by Gasteiger charge is -2.26. The number of likely N-dealkylation sites (tertiary alicyclic amines) is 1. The molecule has 4 heteroatoms. The largest absolute Gasteiger partial charge is 0.392 e. The monoisotopic (exact) mass is 316 g/mol. The summed E-state index contributed by atoms with van der Waals surface area (Å²) in [4.78, 5) is 14.6. The zero-order valence-corrected chi connectivity index (χ0v) is 13.8. The van der Waals surface area contributed by atoms with Crippen LogP contribution in [0.3, 0.4) is 0 Å². The van der Waals surface area contributed by atoms with Gasteiger partial charge in [0.15, 0.2) is 0 Å². The molecule has 0 spiro atoms. The molecule has 1 heterocycles. The molecule has 1 aliphatic carbocycles. The topological polar surface area (TPSA) is 52.6 Å². The van der Waals surface area contributed by atoms with Crippen LogP contribution >= 0.6 is 0 Å². The van der Waals surface area contributed by atoms with E-state index < -0.39 is 6.10 Å².